The van der Waals surface area contributed by atoms with E-state index in [2.05, 4.69) is 21.2 Å². The molecular formula is C29H21BrN2O3. The van der Waals surface area contributed by atoms with Crippen LogP contribution in [0.15, 0.2) is 108 Å². The Bertz CT molecular complexity index is 1400. The quantitative estimate of drug-likeness (QED) is 0.340. The number of rotatable bonds is 4. The fraction of sp³-hybridized carbons (Fsp3) is 0.0690. The van der Waals surface area contributed by atoms with Gasteiger partial charge in [0.25, 0.3) is 5.91 Å². The third-order valence-electron chi connectivity index (χ3n) is 6.01. The Morgan fingerprint density at radius 2 is 1.37 bits per heavy atom. The molecule has 1 unspecified atom stereocenters. The second kappa shape index (κ2) is 9.68. The van der Waals surface area contributed by atoms with Gasteiger partial charge >= 0.3 is 0 Å². The van der Waals surface area contributed by atoms with Crippen molar-refractivity contribution in [2.75, 3.05) is 11.9 Å². The molecule has 5 nitrogen and oxygen atoms in total. The lowest BCUT2D eigenvalue weighted by molar-refractivity contribution is -0.117. The Morgan fingerprint density at radius 3 is 2.06 bits per heavy atom. The van der Waals surface area contributed by atoms with Gasteiger partial charge in [-0.25, -0.2) is 0 Å². The molecule has 5 rings (SSSR count). The number of fused-ring (bicyclic) bond motifs is 1. The molecule has 0 saturated carbocycles. The van der Waals surface area contributed by atoms with Gasteiger partial charge in [0, 0.05) is 32.4 Å². The molecule has 35 heavy (non-hydrogen) atoms. The molecule has 0 bridgehead atoms. The van der Waals surface area contributed by atoms with Crippen LogP contribution >= 0.6 is 15.9 Å². The Labute approximate surface area is 211 Å². The number of nitrogens with zero attached hydrogens (tertiary/aromatic N) is 1. The molecule has 0 radical (unpaired) electrons. The van der Waals surface area contributed by atoms with Gasteiger partial charge in [0.05, 0.1) is 6.04 Å². The molecule has 172 valence electrons. The number of carbonyl (C=O) groups excluding carboxylic acids is 3. The van der Waals surface area contributed by atoms with Crippen LogP contribution in [0, 0.1) is 0 Å². The van der Waals surface area contributed by atoms with Crippen molar-refractivity contribution in [3.05, 3.63) is 135 Å². The minimum Gasteiger partial charge on any atom is -0.324 e. The minimum absolute atomic E-state index is 0.102. The second-order valence-electron chi connectivity index (χ2n) is 8.30. The molecule has 2 amide bonds. The molecule has 4 aromatic carbocycles. The van der Waals surface area contributed by atoms with Gasteiger partial charge in [-0.1, -0.05) is 88.7 Å². The summed E-state index contributed by atoms with van der Waals surface area (Å²) in [5.41, 5.74) is 3.87. The van der Waals surface area contributed by atoms with E-state index in [1.54, 1.807) is 41.3 Å². The summed E-state index contributed by atoms with van der Waals surface area (Å²) in [5, 5.41) is 2.93. The summed E-state index contributed by atoms with van der Waals surface area (Å²) in [4.78, 5) is 40.9. The smallest absolute Gasteiger partial charge is 0.255 e. The van der Waals surface area contributed by atoms with E-state index >= 15 is 0 Å². The number of hydrogen-bond donors (Lipinski definition) is 1. The molecule has 0 aliphatic carbocycles. The topological polar surface area (TPSA) is 66.5 Å². The van der Waals surface area contributed by atoms with E-state index in [1.165, 1.54) is 0 Å². The van der Waals surface area contributed by atoms with E-state index in [0.29, 0.717) is 22.4 Å². The zero-order valence-corrected chi connectivity index (χ0v) is 20.2. The highest BCUT2D eigenvalue weighted by Crippen LogP contribution is 2.38. The number of benzene rings is 4. The molecule has 0 spiro atoms. The van der Waals surface area contributed by atoms with Crippen molar-refractivity contribution in [3.8, 4) is 0 Å². The Balaban J connectivity index is 1.53. The maximum absolute atomic E-state index is 13.8. The molecule has 1 atom stereocenters. The normalized spacial score (nSPS) is 15.1. The predicted octanol–water partition coefficient (Wildman–Crippen LogP) is 5.86. The van der Waals surface area contributed by atoms with Crippen LogP contribution in [0.5, 0.6) is 0 Å². The summed E-state index contributed by atoms with van der Waals surface area (Å²) in [6.45, 7) is -0.102. The van der Waals surface area contributed by atoms with Crippen LogP contribution < -0.4 is 5.32 Å². The van der Waals surface area contributed by atoms with Crippen LogP contribution in [0.3, 0.4) is 0 Å². The zero-order valence-electron chi connectivity index (χ0n) is 18.6. The second-order valence-corrected chi connectivity index (χ2v) is 9.21. The van der Waals surface area contributed by atoms with E-state index in [4.69, 9.17) is 0 Å². The van der Waals surface area contributed by atoms with E-state index in [1.807, 2.05) is 66.7 Å². The third-order valence-corrected chi connectivity index (χ3v) is 6.51. The molecule has 1 N–H and O–H groups in total. The molecule has 6 heteroatoms. The number of anilines is 1. The van der Waals surface area contributed by atoms with Crippen LogP contribution in [0.4, 0.5) is 5.69 Å². The minimum atomic E-state index is -0.472. The molecule has 1 aliphatic rings. The summed E-state index contributed by atoms with van der Waals surface area (Å²) >= 11 is 3.53. The van der Waals surface area contributed by atoms with E-state index in [9.17, 15) is 14.4 Å². The van der Waals surface area contributed by atoms with Gasteiger partial charge < -0.3 is 10.2 Å². The third kappa shape index (κ3) is 4.66. The highest BCUT2D eigenvalue weighted by atomic mass is 79.9. The van der Waals surface area contributed by atoms with Crippen molar-refractivity contribution >= 4 is 39.2 Å². The van der Waals surface area contributed by atoms with E-state index in [-0.39, 0.29) is 24.1 Å². The maximum atomic E-state index is 13.8. The van der Waals surface area contributed by atoms with Crippen LogP contribution in [-0.4, -0.2) is 29.0 Å². The number of nitrogens with one attached hydrogen (secondary N) is 1. The van der Waals surface area contributed by atoms with Gasteiger partial charge in [-0.2, -0.15) is 0 Å². The molecule has 0 aromatic heterocycles. The van der Waals surface area contributed by atoms with Crippen molar-refractivity contribution in [2.24, 2.45) is 0 Å². The highest BCUT2D eigenvalue weighted by Gasteiger charge is 2.34. The van der Waals surface area contributed by atoms with Gasteiger partial charge in [-0.15, -0.1) is 0 Å². The number of hydrogen-bond acceptors (Lipinski definition) is 3. The van der Waals surface area contributed by atoms with Gasteiger partial charge in [-0.05, 0) is 35.9 Å². The summed E-state index contributed by atoms with van der Waals surface area (Å²) in [6, 6.07) is 30.4. The van der Waals surface area contributed by atoms with Crippen molar-refractivity contribution in [2.45, 2.75) is 6.04 Å². The molecular weight excluding hydrogens is 504 g/mol. The standard InChI is InChI=1S/C29H21BrN2O3/c30-23-15-16-25-24(17-23)27(19-7-3-1-4-8-19)32(18-26(33)31-25)29(35)22-13-11-21(12-14-22)28(34)20-9-5-2-6-10-20/h1-17,27H,18H2,(H,31,33). The summed E-state index contributed by atoms with van der Waals surface area (Å²) in [7, 11) is 0. The van der Waals surface area contributed by atoms with Gasteiger partial charge in [-0.3, -0.25) is 14.4 Å². The van der Waals surface area contributed by atoms with Crippen molar-refractivity contribution in [1.29, 1.82) is 0 Å². The monoisotopic (exact) mass is 524 g/mol. The SMILES string of the molecule is O=C1CN(C(=O)c2ccc(C(=O)c3ccccc3)cc2)C(c2ccccc2)c2cc(Br)ccc2N1. The highest BCUT2D eigenvalue weighted by molar-refractivity contribution is 9.10. The molecule has 1 heterocycles. The summed E-state index contributed by atoms with van der Waals surface area (Å²) in [6.07, 6.45) is 0. The first-order chi connectivity index (χ1) is 17.0. The summed E-state index contributed by atoms with van der Waals surface area (Å²) in [5.74, 6) is -0.670. The van der Waals surface area contributed by atoms with Crippen molar-refractivity contribution in [3.63, 3.8) is 0 Å². The molecule has 1 aliphatic heterocycles. The molecule has 0 saturated heterocycles. The van der Waals surface area contributed by atoms with Gasteiger partial charge in [0.15, 0.2) is 5.78 Å². The van der Waals surface area contributed by atoms with Gasteiger partial charge in [0.2, 0.25) is 5.91 Å². The first-order valence-corrected chi connectivity index (χ1v) is 12.0. The molecule has 0 fully saturated rings. The lowest BCUT2D eigenvalue weighted by Crippen LogP contribution is -2.39. The fourth-order valence-corrected chi connectivity index (χ4v) is 4.73. The number of ketones is 1. The van der Waals surface area contributed by atoms with Gasteiger partial charge in [0.1, 0.15) is 6.54 Å². The number of carbonyl (C=O) groups is 3. The maximum Gasteiger partial charge on any atom is 0.255 e. The first kappa shape index (κ1) is 22.7. The predicted molar refractivity (Wildman–Crippen MR) is 138 cm³/mol. The average Bonchev–Trinajstić information content (AvgIpc) is 3.04. The lowest BCUT2D eigenvalue weighted by atomic mass is 9.95. The number of halogens is 1. The van der Waals surface area contributed by atoms with Crippen molar-refractivity contribution in [1.82, 2.24) is 4.90 Å². The van der Waals surface area contributed by atoms with Crippen molar-refractivity contribution < 1.29 is 14.4 Å². The zero-order chi connectivity index (χ0) is 24.4. The fourth-order valence-electron chi connectivity index (χ4n) is 4.35. The van der Waals surface area contributed by atoms with Crippen LogP contribution in [0.1, 0.15) is 43.4 Å². The van der Waals surface area contributed by atoms with E-state index in [0.717, 1.165) is 15.6 Å². The average molecular weight is 525 g/mol. The molecule has 4 aromatic rings. The first-order valence-electron chi connectivity index (χ1n) is 11.2. The summed E-state index contributed by atoms with van der Waals surface area (Å²) < 4.78 is 0.851. The number of amides is 2. The lowest BCUT2D eigenvalue weighted by Gasteiger charge is -2.30. The largest absolute Gasteiger partial charge is 0.324 e. The Morgan fingerprint density at radius 1 is 0.771 bits per heavy atom. The van der Waals surface area contributed by atoms with Crippen LogP contribution in [0.25, 0.3) is 0 Å². The van der Waals surface area contributed by atoms with Crippen LogP contribution in [-0.2, 0) is 4.79 Å². The Hall–Kier alpha value is -4.03. The van der Waals surface area contributed by atoms with E-state index < -0.39 is 6.04 Å². The Kier molecular flexibility index (Phi) is 6.29. The van der Waals surface area contributed by atoms with Crippen LogP contribution in [0.2, 0.25) is 0 Å².